The predicted octanol–water partition coefficient (Wildman–Crippen LogP) is 3.65. The van der Waals surface area contributed by atoms with Crippen LogP contribution in [0.2, 0.25) is 0 Å². The summed E-state index contributed by atoms with van der Waals surface area (Å²) >= 11 is 0. The van der Waals surface area contributed by atoms with E-state index in [1.165, 1.54) is 0 Å². The molecule has 1 amide bonds. The van der Waals surface area contributed by atoms with E-state index in [4.69, 9.17) is 5.41 Å². The van der Waals surface area contributed by atoms with Gasteiger partial charge in [-0.15, -0.1) is 0 Å². The van der Waals surface area contributed by atoms with Crippen LogP contribution in [0.25, 0.3) is 0 Å². The first-order chi connectivity index (χ1) is 13.1. The van der Waals surface area contributed by atoms with E-state index >= 15 is 0 Å². The van der Waals surface area contributed by atoms with Crippen molar-refractivity contribution in [2.24, 2.45) is 5.92 Å². The fourth-order valence-corrected chi connectivity index (χ4v) is 4.54. The Bertz CT molecular complexity index is 701. The molecule has 144 valence electrons. The Labute approximate surface area is 162 Å². The van der Waals surface area contributed by atoms with Crippen LogP contribution in [0.15, 0.2) is 30.3 Å². The molecule has 1 aromatic rings. The number of nitriles is 1. The summed E-state index contributed by atoms with van der Waals surface area (Å²) in [4.78, 5) is 12.2. The molecular formula is C22H30N4O. The number of nitrogens with zero attached hydrogens (tertiary/aromatic N) is 1. The zero-order chi connectivity index (χ0) is 19.3. The van der Waals surface area contributed by atoms with Crippen molar-refractivity contribution in [1.82, 2.24) is 10.6 Å². The highest BCUT2D eigenvalue weighted by atomic mass is 16.1. The second kappa shape index (κ2) is 8.67. The minimum atomic E-state index is -0.349. The van der Waals surface area contributed by atoms with Gasteiger partial charge in [-0.05, 0) is 50.5 Å². The summed E-state index contributed by atoms with van der Waals surface area (Å²) in [5.41, 5.74) is 0.792. The second-order valence-corrected chi connectivity index (χ2v) is 8.03. The molecule has 5 heteroatoms. The molecule has 0 unspecified atom stereocenters. The third-order valence-electron chi connectivity index (χ3n) is 6.28. The highest BCUT2D eigenvalue weighted by Gasteiger charge is 2.38. The number of benzene rings is 1. The van der Waals surface area contributed by atoms with E-state index < -0.39 is 0 Å². The summed E-state index contributed by atoms with van der Waals surface area (Å²) in [5.74, 6) is 0.320. The first-order valence-electron chi connectivity index (χ1n) is 10.2. The van der Waals surface area contributed by atoms with Crippen LogP contribution in [-0.4, -0.2) is 23.8 Å². The van der Waals surface area contributed by atoms with E-state index in [9.17, 15) is 10.1 Å². The van der Waals surface area contributed by atoms with Crippen molar-refractivity contribution in [2.45, 2.75) is 75.8 Å². The van der Waals surface area contributed by atoms with Gasteiger partial charge < -0.3 is 10.6 Å². The van der Waals surface area contributed by atoms with Gasteiger partial charge in [-0.1, -0.05) is 37.3 Å². The molecule has 0 heterocycles. The minimum absolute atomic E-state index is 0.00219. The van der Waals surface area contributed by atoms with Gasteiger partial charge in [0.25, 0.3) is 0 Å². The summed E-state index contributed by atoms with van der Waals surface area (Å²) < 4.78 is 0. The Morgan fingerprint density at radius 3 is 2.52 bits per heavy atom. The van der Waals surface area contributed by atoms with Crippen molar-refractivity contribution in [3.05, 3.63) is 35.9 Å². The Morgan fingerprint density at radius 2 is 1.89 bits per heavy atom. The van der Waals surface area contributed by atoms with Gasteiger partial charge >= 0.3 is 0 Å². The lowest BCUT2D eigenvalue weighted by molar-refractivity contribution is -0.123. The summed E-state index contributed by atoms with van der Waals surface area (Å²) in [6.45, 7) is 1.88. The van der Waals surface area contributed by atoms with Gasteiger partial charge in [-0.2, -0.15) is 5.26 Å². The van der Waals surface area contributed by atoms with Gasteiger partial charge in [0.05, 0.1) is 17.3 Å². The molecule has 0 radical (unpaired) electrons. The van der Waals surface area contributed by atoms with Crippen molar-refractivity contribution >= 4 is 11.7 Å². The molecule has 2 aliphatic carbocycles. The molecule has 2 aliphatic rings. The van der Waals surface area contributed by atoms with Crippen LogP contribution in [-0.2, 0) is 10.2 Å². The average molecular weight is 367 g/mol. The van der Waals surface area contributed by atoms with Gasteiger partial charge in [0.15, 0.2) is 0 Å². The van der Waals surface area contributed by atoms with E-state index in [0.29, 0.717) is 24.3 Å². The van der Waals surface area contributed by atoms with E-state index in [2.05, 4.69) is 28.8 Å². The van der Waals surface area contributed by atoms with Gasteiger partial charge in [-0.3, -0.25) is 10.2 Å². The predicted molar refractivity (Wildman–Crippen MR) is 106 cm³/mol. The zero-order valence-corrected chi connectivity index (χ0v) is 16.1. The lowest BCUT2D eigenvalue weighted by atomic mass is 9.69. The topological polar surface area (TPSA) is 88.8 Å². The molecular weight excluding hydrogens is 336 g/mol. The van der Waals surface area contributed by atoms with Gasteiger partial charge in [0.1, 0.15) is 0 Å². The molecule has 0 aliphatic heterocycles. The number of hydrogen-bond donors (Lipinski definition) is 3. The average Bonchev–Trinajstić information content (AvgIpc) is 3.18. The molecule has 3 N–H and O–H groups in total. The maximum absolute atomic E-state index is 12.2. The molecule has 2 saturated carbocycles. The largest absolute Gasteiger partial charge is 0.314 e. The summed E-state index contributed by atoms with van der Waals surface area (Å²) in [6, 6.07) is 13.6. The number of amides is 1. The Hall–Kier alpha value is -2.19. The van der Waals surface area contributed by atoms with Crippen LogP contribution in [0.1, 0.15) is 63.9 Å². The van der Waals surface area contributed by atoms with Crippen molar-refractivity contribution in [3.8, 4) is 6.07 Å². The van der Waals surface area contributed by atoms with Crippen LogP contribution < -0.4 is 10.6 Å². The van der Waals surface area contributed by atoms with Crippen LogP contribution in [0, 0.1) is 22.7 Å². The highest BCUT2D eigenvalue weighted by molar-refractivity contribution is 5.97. The molecule has 1 aromatic carbocycles. The van der Waals surface area contributed by atoms with Gasteiger partial charge in [0.2, 0.25) is 5.91 Å². The molecule has 0 aromatic heterocycles. The standard InChI is InChI=1S/C22H30N4O/c1-2-20(24)26-21(27)16-8-9-19(14-16)25-18-10-12-22(15-23,13-11-18)17-6-4-3-5-7-17/h3-7,16,18-19,25H,2,8-14H2,1H3,(H2,24,26,27)/t16-,18?,19+,22?/m0/s1. The first kappa shape index (κ1) is 19.6. The van der Waals surface area contributed by atoms with Crippen LogP contribution in [0.5, 0.6) is 0 Å². The Balaban J connectivity index is 1.49. The lowest BCUT2D eigenvalue weighted by Crippen LogP contribution is -2.43. The number of carbonyl (C=O) groups is 1. The molecule has 2 atom stereocenters. The third-order valence-corrected chi connectivity index (χ3v) is 6.28. The summed E-state index contributed by atoms with van der Waals surface area (Å²) in [7, 11) is 0. The number of hydrogen-bond acceptors (Lipinski definition) is 4. The molecule has 5 nitrogen and oxygen atoms in total. The minimum Gasteiger partial charge on any atom is -0.314 e. The zero-order valence-electron chi connectivity index (χ0n) is 16.1. The molecule has 0 saturated heterocycles. The monoisotopic (exact) mass is 366 g/mol. The molecule has 0 spiro atoms. The van der Waals surface area contributed by atoms with Gasteiger partial charge in [0, 0.05) is 24.4 Å². The number of rotatable bonds is 5. The lowest BCUT2D eigenvalue weighted by Gasteiger charge is -2.36. The highest BCUT2D eigenvalue weighted by Crippen LogP contribution is 2.39. The maximum Gasteiger partial charge on any atom is 0.228 e. The maximum atomic E-state index is 12.2. The molecule has 3 rings (SSSR count). The Kier molecular flexibility index (Phi) is 6.28. The summed E-state index contributed by atoms with van der Waals surface area (Å²) in [6.07, 6.45) is 7.07. The van der Waals surface area contributed by atoms with Crippen molar-refractivity contribution in [2.75, 3.05) is 0 Å². The quantitative estimate of drug-likeness (QED) is 0.549. The fraction of sp³-hybridized carbons (Fsp3) is 0.591. The molecule has 0 bridgehead atoms. The van der Waals surface area contributed by atoms with Crippen molar-refractivity contribution < 1.29 is 4.79 Å². The van der Waals surface area contributed by atoms with Gasteiger partial charge in [-0.25, -0.2) is 0 Å². The molecule has 27 heavy (non-hydrogen) atoms. The van der Waals surface area contributed by atoms with Crippen molar-refractivity contribution in [3.63, 3.8) is 0 Å². The molecule has 2 fully saturated rings. The first-order valence-corrected chi connectivity index (χ1v) is 10.2. The van der Waals surface area contributed by atoms with E-state index in [-0.39, 0.29) is 17.2 Å². The number of nitrogens with one attached hydrogen (secondary N) is 3. The van der Waals surface area contributed by atoms with Crippen LogP contribution in [0.4, 0.5) is 0 Å². The van der Waals surface area contributed by atoms with E-state index in [1.54, 1.807) is 0 Å². The Morgan fingerprint density at radius 1 is 1.19 bits per heavy atom. The SMILES string of the molecule is CCC(=N)NC(=O)[C@H]1CC[C@@H](NC2CCC(C#N)(c3ccccc3)CC2)C1. The smallest absolute Gasteiger partial charge is 0.228 e. The second-order valence-electron chi connectivity index (χ2n) is 8.03. The fourth-order valence-electron chi connectivity index (χ4n) is 4.54. The van der Waals surface area contributed by atoms with E-state index in [1.807, 2.05) is 25.1 Å². The number of carbonyl (C=O) groups excluding carboxylic acids is 1. The van der Waals surface area contributed by atoms with Crippen LogP contribution in [0.3, 0.4) is 0 Å². The summed E-state index contributed by atoms with van der Waals surface area (Å²) in [5, 5.41) is 23.9. The van der Waals surface area contributed by atoms with Crippen molar-refractivity contribution in [1.29, 1.82) is 10.7 Å². The normalized spacial score (nSPS) is 30.4. The number of amidine groups is 1. The third kappa shape index (κ3) is 4.56. The van der Waals surface area contributed by atoms with Crippen LogP contribution >= 0.6 is 0 Å². The van der Waals surface area contributed by atoms with E-state index in [0.717, 1.165) is 50.5 Å².